The fourth-order valence-electron chi connectivity index (χ4n) is 1.99. The number of hydrogen-bond donors (Lipinski definition) is 0. The molecule has 2 aromatic rings. The molecule has 104 valence electrons. The second-order valence-corrected chi connectivity index (χ2v) is 5.83. The molecule has 2 nitrogen and oxygen atoms in total. The van der Waals surface area contributed by atoms with E-state index in [1.54, 1.807) is 6.07 Å². The molecule has 2 aromatic carbocycles. The lowest BCUT2D eigenvalue weighted by atomic mass is 10.2. The molecule has 0 N–H and O–H groups in total. The average molecular weight is 311 g/mol. The first kappa shape index (κ1) is 13.9. The predicted octanol–water partition coefficient (Wildman–Crippen LogP) is 4.68. The van der Waals surface area contributed by atoms with Gasteiger partial charge in [0.2, 0.25) is 0 Å². The van der Waals surface area contributed by atoms with Crippen LogP contribution >= 0.6 is 23.4 Å². The van der Waals surface area contributed by atoms with Crippen LogP contribution in [0, 0.1) is 5.82 Å². The van der Waals surface area contributed by atoms with Gasteiger partial charge in [-0.25, -0.2) is 4.39 Å². The van der Waals surface area contributed by atoms with Crippen molar-refractivity contribution in [2.75, 3.05) is 13.2 Å². The van der Waals surface area contributed by atoms with Crippen LogP contribution in [0.2, 0.25) is 5.02 Å². The summed E-state index contributed by atoms with van der Waals surface area (Å²) in [5.74, 6) is -0.309. The zero-order chi connectivity index (χ0) is 13.9. The molecule has 0 aliphatic carbocycles. The lowest BCUT2D eigenvalue weighted by Gasteiger charge is -2.15. The largest absolute Gasteiger partial charge is 0.346 e. The van der Waals surface area contributed by atoms with Gasteiger partial charge >= 0.3 is 0 Å². The number of benzene rings is 2. The molecule has 1 heterocycles. The van der Waals surface area contributed by atoms with Crippen molar-refractivity contribution in [2.45, 2.75) is 16.1 Å². The third-order valence-corrected chi connectivity index (χ3v) is 4.25. The van der Waals surface area contributed by atoms with E-state index in [1.807, 2.05) is 30.3 Å². The van der Waals surface area contributed by atoms with Gasteiger partial charge in [0.15, 0.2) is 6.29 Å². The summed E-state index contributed by atoms with van der Waals surface area (Å²) in [5.41, 5.74) is 0.463. The van der Waals surface area contributed by atoms with Gasteiger partial charge in [0.05, 0.1) is 18.8 Å². The average Bonchev–Trinajstić information content (AvgIpc) is 2.95. The van der Waals surface area contributed by atoms with Crippen molar-refractivity contribution in [1.29, 1.82) is 0 Å². The minimum Gasteiger partial charge on any atom is -0.346 e. The van der Waals surface area contributed by atoms with Crippen LogP contribution in [-0.2, 0) is 9.47 Å². The Labute approximate surface area is 125 Å². The topological polar surface area (TPSA) is 18.5 Å². The molecule has 0 atom stereocenters. The Morgan fingerprint density at radius 2 is 1.75 bits per heavy atom. The van der Waals surface area contributed by atoms with Gasteiger partial charge in [0, 0.05) is 14.8 Å². The van der Waals surface area contributed by atoms with Crippen LogP contribution in [0.3, 0.4) is 0 Å². The second kappa shape index (κ2) is 6.14. The van der Waals surface area contributed by atoms with Crippen LogP contribution in [0.4, 0.5) is 4.39 Å². The molecule has 0 spiro atoms. The van der Waals surface area contributed by atoms with Crippen LogP contribution in [0.25, 0.3) is 0 Å². The smallest absolute Gasteiger partial charge is 0.187 e. The van der Waals surface area contributed by atoms with Crippen LogP contribution in [0.5, 0.6) is 0 Å². The maximum atomic E-state index is 14.1. The summed E-state index contributed by atoms with van der Waals surface area (Å²) in [4.78, 5) is 1.78. The monoisotopic (exact) mass is 310 g/mol. The molecule has 0 radical (unpaired) electrons. The van der Waals surface area contributed by atoms with Gasteiger partial charge in [-0.15, -0.1) is 0 Å². The highest BCUT2D eigenvalue weighted by molar-refractivity contribution is 7.99. The minimum atomic E-state index is -0.619. The van der Waals surface area contributed by atoms with Gasteiger partial charge in [-0.05, 0) is 36.4 Å². The second-order valence-electron chi connectivity index (χ2n) is 4.28. The molecular formula is C15H12ClFO2S. The molecular weight excluding hydrogens is 299 g/mol. The van der Waals surface area contributed by atoms with E-state index < -0.39 is 6.29 Å². The normalized spacial score (nSPS) is 15.7. The SMILES string of the molecule is Fc1cccc(Sc2ccc(Cl)cc2)c1C1OCCO1. The number of halogens is 2. The van der Waals surface area contributed by atoms with Gasteiger partial charge in [0.1, 0.15) is 5.82 Å². The third kappa shape index (κ3) is 2.99. The van der Waals surface area contributed by atoms with Crippen molar-refractivity contribution in [3.8, 4) is 0 Å². The summed E-state index contributed by atoms with van der Waals surface area (Å²) in [5, 5.41) is 0.677. The van der Waals surface area contributed by atoms with Crippen molar-refractivity contribution in [3.63, 3.8) is 0 Å². The van der Waals surface area contributed by atoms with Crippen molar-refractivity contribution in [3.05, 3.63) is 58.9 Å². The van der Waals surface area contributed by atoms with E-state index in [4.69, 9.17) is 21.1 Å². The standard InChI is InChI=1S/C15H12ClFO2S/c16-10-4-6-11(7-5-10)20-13-3-1-2-12(17)14(13)15-18-8-9-19-15/h1-7,15H,8-9H2. The number of rotatable bonds is 3. The first-order chi connectivity index (χ1) is 9.74. The first-order valence-electron chi connectivity index (χ1n) is 6.19. The van der Waals surface area contributed by atoms with Gasteiger partial charge < -0.3 is 9.47 Å². The highest BCUT2D eigenvalue weighted by Crippen LogP contribution is 2.37. The highest BCUT2D eigenvalue weighted by atomic mass is 35.5. The molecule has 0 bridgehead atoms. The van der Waals surface area contributed by atoms with E-state index >= 15 is 0 Å². The van der Waals surface area contributed by atoms with Crippen molar-refractivity contribution < 1.29 is 13.9 Å². The Bertz CT molecular complexity index is 597. The van der Waals surface area contributed by atoms with Crippen molar-refractivity contribution >= 4 is 23.4 Å². The third-order valence-electron chi connectivity index (χ3n) is 2.91. The minimum absolute atomic E-state index is 0.309. The Morgan fingerprint density at radius 1 is 1.05 bits per heavy atom. The van der Waals surface area contributed by atoms with Gasteiger partial charge in [-0.2, -0.15) is 0 Å². The molecule has 20 heavy (non-hydrogen) atoms. The fraction of sp³-hybridized carbons (Fsp3) is 0.200. The maximum absolute atomic E-state index is 14.1. The van der Waals surface area contributed by atoms with Gasteiger partial charge in [0.25, 0.3) is 0 Å². The number of hydrogen-bond acceptors (Lipinski definition) is 3. The Kier molecular flexibility index (Phi) is 4.27. The molecule has 0 unspecified atom stereocenters. The zero-order valence-corrected chi connectivity index (χ0v) is 12.1. The molecule has 1 aliphatic rings. The zero-order valence-electron chi connectivity index (χ0n) is 10.5. The Morgan fingerprint density at radius 3 is 2.45 bits per heavy atom. The lowest BCUT2D eigenvalue weighted by Crippen LogP contribution is -2.03. The first-order valence-corrected chi connectivity index (χ1v) is 7.38. The van der Waals surface area contributed by atoms with E-state index in [9.17, 15) is 4.39 Å². The summed E-state index contributed by atoms with van der Waals surface area (Å²) < 4.78 is 24.9. The molecule has 0 saturated carbocycles. The molecule has 1 aliphatic heterocycles. The van der Waals surface area contributed by atoms with Crippen molar-refractivity contribution in [2.24, 2.45) is 0 Å². The molecule has 1 fully saturated rings. The number of ether oxygens (including phenoxy) is 2. The summed E-state index contributed by atoms with van der Waals surface area (Å²) in [6.07, 6.45) is -0.619. The predicted molar refractivity (Wildman–Crippen MR) is 76.6 cm³/mol. The molecule has 5 heteroatoms. The van der Waals surface area contributed by atoms with Gasteiger partial charge in [-0.1, -0.05) is 29.4 Å². The van der Waals surface area contributed by atoms with Crippen LogP contribution < -0.4 is 0 Å². The molecule has 0 aromatic heterocycles. The van der Waals surface area contributed by atoms with E-state index in [1.165, 1.54) is 17.8 Å². The summed E-state index contributed by atoms with van der Waals surface area (Å²) in [6.45, 7) is 0.980. The van der Waals surface area contributed by atoms with E-state index in [2.05, 4.69) is 0 Å². The summed E-state index contributed by atoms with van der Waals surface area (Å²) >= 11 is 7.33. The van der Waals surface area contributed by atoms with Crippen LogP contribution in [0.1, 0.15) is 11.9 Å². The summed E-state index contributed by atoms with van der Waals surface area (Å²) in [6, 6.07) is 12.4. The van der Waals surface area contributed by atoms with Crippen molar-refractivity contribution in [1.82, 2.24) is 0 Å². The molecule has 3 rings (SSSR count). The Balaban J connectivity index is 1.92. The highest BCUT2D eigenvalue weighted by Gasteiger charge is 2.25. The van der Waals surface area contributed by atoms with Gasteiger partial charge in [-0.3, -0.25) is 0 Å². The van der Waals surface area contributed by atoms with E-state index in [0.29, 0.717) is 23.8 Å². The van der Waals surface area contributed by atoms with E-state index in [-0.39, 0.29) is 5.82 Å². The van der Waals surface area contributed by atoms with E-state index in [0.717, 1.165) is 9.79 Å². The Hall–Kier alpha value is -1.07. The quantitative estimate of drug-likeness (QED) is 0.820. The fourth-order valence-corrected chi connectivity index (χ4v) is 3.09. The van der Waals surface area contributed by atoms with Crippen LogP contribution in [-0.4, -0.2) is 13.2 Å². The molecule has 1 saturated heterocycles. The van der Waals surface area contributed by atoms with Crippen LogP contribution in [0.15, 0.2) is 52.3 Å². The lowest BCUT2D eigenvalue weighted by molar-refractivity contribution is -0.0484. The summed E-state index contributed by atoms with van der Waals surface area (Å²) in [7, 11) is 0. The molecule has 0 amide bonds. The maximum Gasteiger partial charge on any atom is 0.187 e.